The summed E-state index contributed by atoms with van der Waals surface area (Å²) < 4.78 is 37.0. The molecular weight excluding hydrogens is 480 g/mol. The highest BCUT2D eigenvalue weighted by Gasteiger charge is 2.67. The van der Waals surface area contributed by atoms with Crippen LogP contribution in [0.15, 0.2) is 72.3 Å². The first-order valence-electron chi connectivity index (χ1n) is 13.5. The zero-order valence-electron chi connectivity index (χ0n) is 23.8. The Bertz CT molecular complexity index is 1030. The average Bonchev–Trinajstić information content (AvgIpc) is 3.40. The van der Waals surface area contributed by atoms with Gasteiger partial charge in [0.1, 0.15) is 0 Å². The Labute approximate surface area is 228 Å². The van der Waals surface area contributed by atoms with Crippen LogP contribution in [-0.4, -0.2) is 53.2 Å². The van der Waals surface area contributed by atoms with Gasteiger partial charge in [-0.25, -0.2) is 0 Å². The third-order valence-corrected chi connectivity index (χ3v) is 8.20. The minimum Gasteiger partial charge on any atom is -0.376 e. The molecule has 1 aliphatic carbocycles. The number of methoxy groups -OCH3 is 3. The van der Waals surface area contributed by atoms with E-state index < -0.39 is 17.1 Å². The first-order valence-corrected chi connectivity index (χ1v) is 13.5. The lowest BCUT2D eigenvalue weighted by Crippen LogP contribution is -2.53. The second-order valence-electron chi connectivity index (χ2n) is 11.6. The van der Waals surface area contributed by atoms with Crippen molar-refractivity contribution in [1.82, 2.24) is 0 Å². The van der Waals surface area contributed by atoms with Crippen molar-refractivity contribution >= 4 is 0 Å². The van der Waals surface area contributed by atoms with Crippen molar-refractivity contribution < 1.29 is 28.4 Å². The van der Waals surface area contributed by atoms with Crippen molar-refractivity contribution in [3.05, 3.63) is 83.4 Å². The van der Waals surface area contributed by atoms with E-state index in [4.69, 9.17) is 28.4 Å². The van der Waals surface area contributed by atoms with Gasteiger partial charge in [-0.3, -0.25) is 0 Å². The third kappa shape index (κ3) is 5.91. The summed E-state index contributed by atoms with van der Waals surface area (Å²) in [5.41, 5.74) is 2.55. The molecule has 2 aliphatic rings. The molecule has 1 aliphatic heterocycles. The molecule has 6 nitrogen and oxygen atoms in total. The van der Waals surface area contributed by atoms with E-state index in [2.05, 4.69) is 51.1 Å². The number of rotatable bonds is 13. The molecule has 2 aromatic carbocycles. The molecule has 4 atom stereocenters. The Balaban J connectivity index is 1.73. The van der Waals surface area contributed by atoms with Gasteiger partial charge in [-0.2, -0.15) is 0 Å². The van der Waals surface area contributed by atoms with E-state index in [0.717, 1.165) is 11.1 Å². The largest absolute Gasteiger partial charge is 0.376 e. The second-order valence-corrected chi connectivity index (χ2v) is 11.6. The minimum absolute atomic E-state index is 0.134. The van der Waals surface area contributed by atoms with Crippen LogP contribution in [0.1, 0.15) is 44.7 Å². The Kier molecular flexibility index (Phi) is 9.45. The van der Waals surface area contributed by atoms with E-state index >= 15 is 0 Å². The molecule has 0 radical (unpaired) electrons. The van der Waals surface area contributed by atoms with Gasteiger partial charge in [0.15, 0.2) is 12.6 Å². The van der Waals surface area contributed by atoms with Crippen molar-refractivity contribution in [1.29, 1.82) is 0 Å². The maximum atomic E-state index is 6.59. The molecule has 1 unspecified atom stereocenters. The number of fused-ring (bicyclic) bond motifs is 1. The van der Waals surface area contributed by atoms with Crippen LogP contribution < -0.4 is 0 Å². The fourth-order valence-corrected chi connectivity index (χ4v) is 6.37. The van der Waals surface area contributed by atoms with Gasteiger partial charge >= 0.3 is 0 Å². The SMILES string of the molecule is COC(C[C@]1(COCc2ccccc2)C(C(C)(C)C)=C[C@@H]2OC(OC)C[C@@]21COCc1ccccc1)OC. The summed E-state index contributed by atoms with van der Waals surface area (Å²) >= 11 is 0. The molecule has 208 valence electrons. The van der Waals surface area contributed by atoms with E-state index in [0.29, 0.717) is 39.3 Å². The van der Waals surface area contributed by atoms with Crippen LogP contribution in [0.5, 0.6) is 0 Å². The van der Waals surface area contributed by atoms with Crippen LogP contribution in [0.4, 0.5) is 0 Å². The maximum Gasteiger partial charge on any atom is 0.158 e. The maximum absolute atomic E-state index is 6.59. The monoisotopic (exact) mass is 524 g/mol. The van der Waals surface area contributed by atoms with Crippen molar-refractivity contribution in [2.45, 2.75) is 65.5 Å². The van der Waals surface area contributed by atoms with Crippen LogP contribution in [0, 0.1) is 16.2 Å². The Morgan fingerprint density at radius 3 is 1.89 bits per heavy atom. The van der Waals surface area contributed by atoms with Gasteiger partial charge in [0.2, 0.25) is 0 Å². The molecule has 0 spiro atoms. The minimum atomic E-state index is -0.467. The molecule has 6 heteroatoms. The summed E-state index contributed by atoms with van der Waals surface area (Å²) in [5.74, 6) is 0. The zero-order chi connectivity index (χ0) is 27.2. The van der Waals surface area contributed by atoms with E-state index in [-0.39, 0.29) is 17.8 Å². The van der Waals surface area contributed by atoms with Gasteiger partial charge in [0.25, 0.3) is 0 Å². The Morgan fingerprint density at radius 2 is 1.39 bits per heavy atom. The standard InChI is InChI=1S/C32H44O6/c1-30(2,3)26-17-27-32(19-29(35-6)38-27,23-37-21-25-15-11-8-12-16-25)31(26,18-28(33-4)34-5)22-36-20-24-13-9-7-10-14-24/h7-17,27-29H,18-23H2,1-6H3/t27-,29?,31-,32+/m0/s1. The van der Waals surface area contributed by atoms with Crippen LogP contribution in [0.25, 0.3) is 0 Å². The van der Waals surface area contributed by atoms with Gasteiger partial charge in [-0.15, -0.1) is 0 Å². The Morgan fingerprint density at radius 1 is 0.842 bits per heavy atom. The van der Waals surface area contributed by atoms with E-state index in [1.165, 1.54) is 5.57 Å². The highest BCUT2D eigenvalue weighted by molar-refractivity contribution is 5.37. The summed E-state index contributed by atoms with van der Waals surface area (Å²) in [6, 6.07) is 20.6. The van der Waals surface area contributed by atoms with Crippen molar-refractivity contribution in [2.75, 3.05) is 34.5 Å². The van der Waals surface area contributed by atoms with Crippen LogP contribution in [0.3, 0.4) is 0 Å². The van der Waals surface area contributed by atoms with Gasteiger partial charge in [-0.05, 0) is 16.5 Å². The Hall–Kier alpha value is -2.06. The molecule has 0 N–H and O–H groups in total. The topological polar surface area (TPSA) is 55.4 Å². The van der Waals surface area contributed by atoms with Gasteiger partial charge in [0.05, 0.1) is 32.5 Å². The molecule has 0 bridgehead atoms. The summed E-state index contributed by atoms with van der Waals surface area (Å²) in [6.07, 6.45) is 2.70. The molecule has 38 heavy (non-hydrogen) atoms. The van der Waals surface area contributed by atoms with Crippen LogP contribution in [-0.2, 0) is 41.6 Å². The van der Waals surface area contributed by atoms with Gasteiger partial charge in [0, 0.05) is 45.0 Å². The van der Waals surface area contributed by atoms with Crippen molar-refractivity contribution in [3.63, 3.8) is 0 Å². The molecule has 0 amide bonds. The normalized spacial score (nSPS) is 27.1. The van der Waals surface area contributed by atoms with Crippen molar-refractivity contribution in [2.24, 2.45) is 16.2 Å². The van der Waals surface area contributed by atoms with E-state index in [1.807, 2.05) is 36.4 Å². The highest BCUT2D eigenvalue weighted by Crippen LogP contribution is 2.66. The van der Waals surface area contributed by atoms with Gasteiger partial charge < -0.3 is 28.4 Å². The number of hydrogen-bond donors (Lipinski definition) is 0. The first-order chi connectivity index (χ1) is 18.3. The zero-order valence-corrected chi connectivity index (χ0v) is 23.8. The number of benzene rings is 2. The quantitative estimate of drug-likeness (QED) is 0.231. The summed E-state index contributed by atoms with van der Waals surface area (Å²) in [7, 11) is 5.10. The smallest absolute Gasteiger partial charge is 0.158 e. The van der Waals surface area contributed by atoms with E-state index in [9.17, 15) is 0 Å². The summed E-state index contributed by atoms with van der Waals surface area (Å²) in [4.78, 5) is 0. The third-order valence-electron chi connectivity index (χ3n) is 8.20. The second kappa shape index (κ2) is 12.4. The predicted molar refractivity (Wildman–Crippen MR) is 147 cm³/mol. The number of ether oxygens (including phenoxy) is 6. The van der Waals surface area contributed by atoms with Gasteiger partial charge in [-0.1, -0.05) is 93.1 Å². The molecule has 1 heterocycles. The molecule has 1 fully saturated rings. The number of hydrogen-bond acceptors (Lipinski definition) is 6. The fraction of sp³-hybridized carbons (Fsp3) is 0.562. The molecule has 0 aromatic heterocycles. The lowest BCUT2D eigenvalue weighted by Gasteiger charge is -2.50. The van der Waals surface area contributed by atoms with Crippen LogP contribution >= 0.6 is 0 Å². The fourth-order valence-electron chi connectivity index (χ4n) is 6.37. The average molecular weight is 525 g/mol. The summed E-state index contributed by atoms with van der Waals surface area (Å²) in [5, 5.41) is 0. The molecule has 1 saturated heterocycles. The molecule has 4 rings (SSSR count). The summed E-state index contributed by atoms with van der Waals surface area (Å²) in [6.45, 7) is 8.80. The lowest BCUT2D eigenvalue weighted by atomic mass is 9.56. The predicted octanol–water partition coefficient (Wildman–Crippen LogP) is 6.15. The van der Waals surface area contributed by atoms with Crippen molar-refractivity contribution in [3.8, 4) is 0 Å². The first kappa shape index (κ1) is 28.9. The van der Waals surface area contributed by atoms with Crippen LogP contribution in [0.2, 0.25) is 0 Å². The molecular formula is C32H44O6. The highest BCUT2D eigenvalue weighted by atomic mass is 16.7. The lowest BCUT2D eigenvalue weighted by molar-refractivity contribution is -0.165. The molecule has 2 aromatic rings. The van der Waals surface area contributed by atoms with E-state index in [1.54, 1.807) is 21.3 Å². The molecule has 0 saturated carbocycles.